The number of para-hydroxylation sites is 1. The Balaban J connectivity index is 1.62. The van der Waals surface area contributed by atoms with Gasteiger partial charge in [-0.1, -0.05) is 18.2 Å². The molecule has 8 nitrogen and oxygen atoms in total. The molecule has 2 aliphatic heterocycles. The fraction of sp³-hybridized carbons (Fsp3) is 0.294. The Labute approximate surface area is 160 Å². The molecular formula is C17H17N3O5S2. The highest BCUT2D eigenvalue weighted by Gasteiger charge is 2.47. The van der Waals surface area contributed by atoms with Gasteiger partial charge in [-0.3, -0.25) is 9.59 Å². The largest absolute Gasteiger partial charge is 0.496 e. The van der Waals surface area contributed by atoms with Crippen LogP contribution < -0.4 is 9.46 Å². The first-order valence-electron chi connectivity index (χ1n) is 8.26. The topological polar surface area (TPSA) is 96.0 Å². The first-order valence-corrected chi connectivity index (χ1v) is 10.6. The number of thiophene rings is 1. The molecule has 2 saturated heterocycles. The van der Waals surface area contributed by atoms with Gasteiger partial charge in [0.05, 0.1) is 12.0 Å². The number of nitrogens with one attached hydrogen (secondary N) is 1. The van der Waals surface area contributed by atoms with Crippen molar-refractivity contribution in [1.29, 1.82) is 0 Å². The van der Waals surface area contributed by atoms with E-state index in [1.54, 1.807) is 7.11 Å². The summed E-state index contributed by atoms with van der Waals surface area (Å²) in [4.78, 5) is 27.1. The van der Waals surface area contributed by atoms with Crippen molar-refractivity contribution in [3.05, 3.63) is 40.6 Å². The van der Waals surface area contributed by atoms with Gasteiger partial charge in [-0.2, -0.15) is 12.7 Å². The first kappa shape index (κ1) is 18.0. The van der Waals surface area contributed by atoms with Crippen LogP contribution in [0.2, 0.25) is 0 Å². The van der Waals surface area contributed by atoms with E-state index in [0.29, 0.717) is 10.6 Å². The summed E-state index contributed by atoms with van der Waals surface area (Å²) < 4.78 is 32.3. The van der Waals surface area contributed by atoms with E-state index in [0.717, 1.165) is 15.4 Å². The number of hydrogen-bond donors (Lipinski definition) is 1. The molecule has 1 N–H and O–H groups in total. The van der Waals surface area contributed by atoms with Crippen LogP contribution in [0.1, 0.15) is 9.67 Å². The zero-order valence-electron chi connectivity index (χ0n) is 14.4. The quantitative estimate of drug-likeness (QED) is 0.816. The molecule has 142 valence electrons. The third-order valence-corrected chi connectivity index (χ3v) is 7.13. The Hall–Kier alpha value is -2.43. The minimum atomic E-state index is -3.78. The standard InChI is InChI=1S/C17H17N3O5S2/c1-25-14-5-3-2-4-11(14)12-6-9-26-15(12)17(22)19-7-8-20-13(10-19)16(21)18-27(20,23)24/h2-6,9,13H,7-8,10H2,1H3,(H,18,21). The van der Waals surface area contributed by atoms with Crippen molar-refractivity contribution in [2.24, 2.45) is 0 Å². The molecule has 1 aromatic carbocycles. The van der Waals surface area contributed by atoms with Crippen LogP contribution in [0.5, 0.6) is 5.75 Å². The molecule has 0 aliphatic carbocycles. The molecule has 0 radical (unpaired) electrons. The van der Waals surface area contributed by atoms with Gasteiger partial charge in [-0.05, 0) is 17.5 Å². The van der Waals surface area contributed by atoms with Crippen LogP contribution in [0.4, 0.5) is 0 Å². The predicted octanol–water partition coefficient (Wildman–Crippen LogP) is 0.925. The number of ether oxygens (including phenoxy) is 1. The molecule has 27 heavy (non-hydrogen) atoms. The van der Waals surface area contributed by atoms with Crippen molar-refractivity contribution in [1.82, 2.24) is 13.9 Å². The van der Waals surface area contributed by atoms with Crippen LogP contribution in [0.15, 0.2) is 35.7 Å². The number of piperazine rings is 1. The molecule has 2 amide bonds. The first-order chi connectivity index (χ1) is 12.9. The zero-order valence-corrected chi connectivity index (χ0v) is 16.0. The number of fused-ring (bicyclic) bond motifs is 1. The molecule has 2 fully saturated rings. The average molecular weight is 407 g/mol. The normalized spacial score (nSPS) is 21.6. The van der Waals surface area contributed by atoms with Gasteiger partial charge in [-0.15, -0.1) is 11.3 Å². The van der Waals surface area contributed by atoms with E-state index >= 15 is 0 Å². The number of methoxy groups -OCH3 is 1. The molecule has 0 saturated carbocycles. The van der Waals surface area contributed by atoms with Gasteiger partial charge in [0.1, 0.15) is 11.8 Å². The third kappa shape index (κ3) is 2.99. The fourth-order valence-electron chi connectivity index (χ4n) is 3.40. The number of hydrogen-bond acceptors (Lipinski definition) is 6. The lowest BCUT2D eigenvalue weighted by Gasteiger charge is -2.34. The summed E-state index contributed by atoms with van der Waals surface area (Å²) in [5.41, 5.74) is 1.57. The Kier molecular flexibility index (Phi) is 4.41. The Morgan fingerprint density at radius 2 is 2.00 bits per heavy atom. The Morgan fingerprint density at radius 1 is 1.22 bits per heavy atom. The number of carbonyl (C=O) groups is 2. The second kappa shape index (κ2) is 6.63. The lowest BCUT2D eigenvalue weighted by atomic mass is 10.0. The molecule has 2 aromatic rings. The number of carbonyl (C=O) groups excluding carboxylic acids is 2. The van der Waals surface area contributed by atoms with Crippen molar-refractivity contribution in [3.63, 3.8) is 0 Å². The molecular weight excluding hydrogens is 390 g/mol. The SMILES string of the molecule is COc1ccccc1-c1ccsc1C(=O)N1CCN2C(C1)C(=O)NS2(=O)=O. The van der Waals surface area contributed by atoms with Gasteiger partial charge in [0.25, 0.3) is 11.8 Å². The van der Waals surface area contributed by atoms with Gasteiger partial charge in [0.15, 0.2) is 0 Å². The van der Waals surface area contributed by atoms with Crippen LogP contribution in [0.3, 0.4) is 0 Å². The van der Waals surface area contributed by atoms with Crippen molar-refractivity contribution in [2.45, 2.75) is 6.04 Å². The summed E-state index contributed by atoms with van der Waals surface area (Å²) in [6, 6.07) is 8.42. The fourth-order valence-corrected chi connectivity index (χ4v) is 5.61. The highest BCUT2D eigenvalue weighted by atomic mass is 32.2. The molecule has 2 aliphatic rings. The molecule has 10 heteroatoms. The maximum Gasteiger partial charge on any atom is 0.304 e. The van der Waals surface area contributed by atoms with Gasteiger partial charge >= 0.3 is 10.2 Å². The van der Waals surface area contributed by atoms with Crippen molar-refractivity contribution in [2.75, 3.05) is 26.7 Å². The third-order valence-electron chi connectivity index (χ3n) is 4.72. The molecule has 4 rings (SSSR count). The van der Waals surface area contributed by atoms with E-state index in [2.05, 4.69) is 0 Å². The number of rotatable bonds is 3. The van der Waals surface area contributed by atoms with Crippen LogP contribution >= 0.6 is 11.3 Å². The van der Waals surface area contributed by atoms with Gasteiger partial charge in [0.2, 0.25) is 0 Å². The van der Waals surface area contributed by atoms with Crippen molar-refractivity contribution < 1.29 is 22.7 Å². The smallest absolute Gasteiger partial charge is 0.304 e. The molecule has 0 spiro atoms. The number of amides is 2. The second-order valence-electron chi connectivity index (χ2n) is 6.21. The van der Waals surface area contributed by atoms with Gasteiger partial charge in [-0.25, -0.2) is 4.72 Å². The van der Waals surface area contributed by atoms with Crippen LogP contribution in [0, 0.1) is 0 Å². The number of nitrogens with zero attached hydrogens (tertiary/aromatic N) is 2. The van der Waals surface area contributed by atoms with Gasteiger partial charge in [0, 0.05) is 30.8 Å². The summed E-state index contributed by atoms with van der Waals surface area (Å²) in [5, 5.41) is 1.83. The highest BCUT2D eigenvalue weighted by Crippen LogP contribution is 2.36. The highest BCUT2D eigenvalue weighted by molar-refractivity contribution is 7.88. The van der Waals surface area contributed by atoms with E-state index in [-0.39, 0.29) is 25.5 Å². The Morgan fingerprint density at radius 3 is 2.78 bits per heavy atom. The van der Waals surface area contributed by atoms with Crippen LogP contribution in [-0.4, -0.2) is 62.2 Å². The summed E-state index contributed by atoms with van der Waals surface area (Å²) in [5.74, 6) is -0.151. The molecule has 1 aromatic heterocycles. The second-order valence-corrected chi connectivity index (χ2v) is 8.75. The summed E-state index contributed by atoms with van der Waals surface area (Å²) in [6.07, 6.45) is 0. The summed E-state index contributed by atoms with van der Waals surface area (Å²) in [7, 11) is -2.20. The van der Waals surface area contributed by atoms with E-state index in [4.69, 9.17) is 4.74 Å². The average Bonchev–Trinajstić information content (AvgIpc) is 3.23. The lowest BCUT2D eigenvalue weighted by molar-refractivity contribution is -0.122. The number of benzene rings is 1. The minimum absolute atomic E-state index is 0.0349. The summed E-state index contributed by atoms with van der Waals surface area (Å²) in [6.45, 7) is 0.354. The van der Waals surface area contributed by atoms with E-state index in [1.165, 1.54) is 16.2 Å². The van der Waals surface area contributed by atoms with Crippen LogP contribution in [-0.2, 0) is 15.0 Å². The Bertz CT molecular complexity index is 1020. The summed E-state index contributed by atoms with van der Waals surface area (Å²) >= 11 is 1.31. The van der Waals surface area contributed by atoms with Gasteiger partial charge < -0.3 is 9.64 Å². The van der Waals surface area contributed by atoms with E-state index in [1.807, 2.05) is 40.4 Å². The lowest BCUT2D eigenvalue weighted by Crippen LogP contribution is -2.54. The molecule has 0 bridgehead atoms. The monoisotopic (exact) mass is 407 g/mol. The van der Waals surface area contributed by atoms with Crippen molar-refractivity contribution >= 4 is 33.4 Å². The molecule has 1 unspecified atom stereocenters. The van der Waals surface area contributed by atoms with E-state index < -0.39 is 22.2 Å². The predicted molar refractivity (Wildman–Crippen MR) is 99.8 cm³/mol. The minimum Gasteiger partial charge on any atom is -0.496 e. The van der Waals surface area contributed by atoms with Crippen molar-refractivity contribution in [3.8, 4) is 16.9 Å². The maximum atomic E-state index is 13.1. The maximum absolute atomic E-state index is 13.1. The van der Waals surface area contributed by atoms with E-state index in [9.17, 15) is 18.0 Å². The molecule has 3 heterocycles. The van der Waals surface area contributed by atoms with Crippen LogP contribution in [0.25, 0.3) is 11.1 Å². The molecule has 1 atom stereocenters. The zero-order chi connectivity index (χ0) is 19.2.